The number of aromatic nitrogens is 1. The molecule has 24 heavy (non-hydrogen) atoms. The number of aryl methyl sites for hydroxylation is 1. The van der Waals surface area contributed by atoms with Gasteiger partial charge in [0.2, 0.25) is 0 Å². The minimum atomic E-state index is -0.560. The number of carbonyl (C=O) groups excluding carboxylic acids is 1. The Balaban J connectivity index is 1.76. The SMILES string of the molecule is Cc1cc2cc(CNC(=O)c3cc([N+](=O)[O-])ccc3Cl)ccc2[nH]1. The average Bonchev–Trinajstić information content (AvgIpc) is 2.92. The number of rotatable bonds is 4. The van der Waals surface area contributed by atoms with Gasteiger partial charge in [-0.15, -0.1) is 0 Å². The predicted molar refractivity (Wildman–Crippen MR) is 92.3 cm³/mol. The van der Waals surface area contributed by atoms with Crippen molar-refractivity contribution in [2.24, 2.45) is 0 Å². The van der Waals surface area contributed by atoms with Crippen molar-refractivity contribution in [2.45, 2.75) is 13.5 Å². The minimum absolute atomic E-state index is 0.0874. The fourth-order valence-electron chi connectivity index (χ4n) is 2.52. The van der Waals surface area contributed by atoms with E-state index in [1.54, 1.807) is 0 Å². The number of nitro groups is 1. The number of amides is 1. The van der Waals surface area contributed by atoms with E-state index in [-0.39, 0.29) is 16.3 Å². The highest BCUT2D eigenvalue weighted by Crippen LogP contribution is 2.22. The Bertz CT molecular complexity index is 949. The number of carbonyl (C=O) groups is 1. The summed E-state index contributed by atoms with van der Waals surface area (Å²) >= 11 is 5.97. The number of H-pyrrole nitrogens is 1. The van der Waals surface area contributed by atoms with E-state index >= 15 is 0 Å². The molecule has 1 aromatic heterocycles. The number of aromatic amines is 1. The van der Waals surface area contributed by atoms with Crippen LogP contribution in [0.2, 0.25) is 5.02 Å². The number of halogens is 1. The lowest BCUT2D eigenvalue weighted by atomic mass is 10.1. The molecule has 3 rings (SSSR count). The van der Waals surface area contributed by atoms with Crippen LogP contribution in [0.5, 0.6) is 0 Å². The molecule has 0 radical (unpaired) electrons. The molecule has 0 unspecified atom stereocenters. The Labute approximate surface area is 142 Å². The molecule has 0 fully saturated rings. The molecule has 0 saturated carbocycles. The van der Waals surface area contributed by atoms with Crippen LogP contribution in [0.4, 0.5) is 5.69 Å². The topological polar surface area (TPSA) is 88.0 Å². The maximum atomic E-state index is 12.3. The third kappa shape index (κ3) is 3.23. The van der Waals surface area contributed by atoms with Gasteiger partial charge in [-0.05, 0) is 42.1 Å². The summed E-state index contributed by atoms with van der Waals surface area (Å²) in [6.45, 7) is 2.28. The minimum Gasteiger partial charge on any atom is -0.359 e. The molecule has 2 aromatic carbocycles. The zero-order valence-electron chi connectivity index (χ0n) is 12.8. The Hall–Kier alpha value is -2.86. The van der Waals surface area contributed by atoms with E-state index in [2.05, 4.69) is 10.3 Å². The summed E-state index contributed by atoms with van der Waals surface area (Å²) in [7, 11) is 0. The molecular weight excluding hydrogens is 330 g/mol. The maximum Gasteiger partial charge on any atom is 0.270 e. The van der Waals surface area contributed by atoms with Gasteiger partial charge >= 0.3 is 0 Å². The molecule has 3 aromatic rings. The summed E-state index contributed by atoms with van der Waals surface area (Å²) in [5.41, 5.74) is 2.94. The van der Waals surface area contributed by atoms with E-state index in [1.165, 1.54) is 18.2 Å². The van der Waals surface area contributed by atoms with E-state index in [0.29, 0.717) is 6.54 Å². The lowest BCUT2D eigenvalue weighted by Gasteiger charge is -2.07. The molecule has 0 aliphatic heterocycles. The highest BCUT2D eigenvalue weighted by Gasteiger charge is 2.15. The predicted octanol–water partition coefficient (Wildman–Crippen LogP) is 3.97. The number of nitrogens with zero attached hydrogens (tertiary/aromatic N) is 1. The second kappa shape index (κ2) is 6.33. The van der Waals surface area contributed by atoms with Gasteiger partial charge in [0.25, 0.3) is 11.6 Å². The summed E-state index contributed by atoms with van der Waals surface area (Å²) in [6.07, 6.45) is 0. The van der Waals surface area contributed by atoms with Gasteiger partial charge in [0.15, 0.2) is 0 Å². The molecule has 1 heterocycles. The lowest BCUT2D eigenvalue weighted by Crippen LogP contribution is -2.23. The van der Waals surface area contributed by atoms with Gasteiger partial charge in [-0.2, -0.15) is 0 Å². The average molecular weight is 344 g/mol. The van der Waals surface area contributed by atoms with Gasteiger partial charge in [-0.25, -0.2) is 0 Å². The van der Waals surface area contributed by atoms with E-state index in [1.807, 2.05) is 31.2 Å². The molecule has 0 aliphatic rings. The first-order valence-electron chi connectivity index (χ1n) is 7.24. The summed E-state index contributed by atoms with van der Waals surface area (Å²) in [6, 6.07) is 11.7. The summed E-state index contributed by atoms with van der Waals surface area (Å²) < 4.78 is 0. The number of non-ortho nitro benzene ring substituents is 1. The van der Waals surface area contributed by atoms with Crippen molar-refractivity contribution in [1.29, 1.82) is 0 Å². The largest absolute Gasteiger partial charge is 0.359 e. The first-order valence-corrected chi connectivity index (χ1v) is 7.62. The number of hydrogen-bond acceptors (Lipinski definition) is 3. The van der Waals surface area contributed by atoms with Gasteiger partial charge in [0.05, 0.1) is 15.5 Å². The fourth-order valence-corrected chi connectivity index (χ4v) is 2.72. The summed E-state index contributed by atoms with van der Waals surface area (Å²) in [5, 5.41) is 14.8. The van der Waals surface area contributed by atoms with Crippen molar-refractivity contribution >= 4 is 34.1 Å². The van der Waals surface area contributed by atoms with Crippen LogP contribution in [0.1, 0.15) is 21.6 Å². The van der Waals surface area contributed by atoms with Crippen LogP contribution in [-0.4, -0.2) is 15.8 Å². The smallest absolute Gasteiger partial charge is 0.270 e. The van der Waals surface area contributed by atoms with Crippen molar-refractivity contribution in [3.63, 3.8) is 0 Å². The maximum absolute atomic E-state index is 12.3. The first kappa shape index (κ1) is 16.0. The summed E-state index contributed by atoms with van der Waals surface area (Å²) in [5.74, 6) is -0.450. The molecule has 0 atom stereocenters. The Morgan fingerprint density at radius 1 is 1.25 bits per heavy atom. The van der Waals surface area contributed by atoms with Crippen LogP contribution in [0, 0.1) is 17.0 Å². The van der Waals surface area contributed by atoms with Crippen LogP contribution < -0.4 is 5.32 Å². The standard InChI is InChI=1S/C17H14ClN3O3/c1-10-6-12-7-11(2-5-16(12)20-10)9-19-17(22)14-8-13(21(23)24)3-4-15(14)18/h2-8,20H,9H2,1H3,(H,19,22). The molecule has 2 N–H and O–H groups in total. The molecule has 6 nitrogen and oxygen atoms in total. The Kier molecular flexibility index (Phi) is 4.22. The normalized spacial score (nSPS) is 10.8. The van der Waals surface area contributed by atoms with Gasteiger partial charge in [-0.1, -0.05) is 17.7 Å². The van der Waals surface area contributed by atoms with Crippen LogP contribution in [0.3, 0.4) is 0 Å². The third-order valence-corrected chi connectivity index (χ3v) is 4.01. The lowest BCUT2D eigenvalue weighted by molar-refractivity contribution is -0.384. The van der Waals surface area contributed by atoms with E-state index < -0.39 is 10.8 Å². The number of benzene rings is 2. The Morgan fingerprint density at radius 3 is 2.79 bits per heavy atom. The second-order valence-corrected chi connectivity index (χ2v) is 5.89. The highest BCUT2D eigenvalue weighted by atomic mass is 35.5. The first-order chi connectivity index (χ1) is 11.4. The van der Waals surface area contributed by atoms with Gasteiger partial charge in [0, 0.05) is 29.9 Å². The van der Waals surface area contributed by atoms with Crippen molar-refractivity contribution in [3.05, 3.63) is 74.4 Å². The van der Waals surface area contributed by atoms with E-state index in [0.717, 1.165) is 22.2 Å². The van der Waals surface area contributed by atoms with Crippen LogP contribution >= 0.6 is 11.6 Å². The van der Waals surface area contributed by atoms with Crippen molar-refractivity contribution in [3.8, 4) is 0 Å². The third-order valence-electron chi connectivity index (χ3n) is 3.68. The number of nitro benzene ring substituents is 1. The molecule has 122 valence electrons. The van der Waals surface area contributed by atoms with Crippen LogP contribution in [0.25, 0.3) is 10.9 Å². The summed E-state index contributed by atoms with van der Waals surface area (Å²) in [4.78, 5) is 25.7. The molecular formula is C17H14ClN3O3. The molecule has 0 saturated heterocycles. The van der Waals surface area contributed by atoms with E-state index in [4.69, 9.17) is 11.6 Å². The van der Waals surface area contributed by atoms with Gasteiger partial charge in [0.1, 0.15) is 0 Å². The van der Waals surface area contributed by atoms with Crippen molar-refractivity contribution in [2.75, 3.05) is 0 Å². The quantitative estimate of drug-likeness (QED) is 0.555. The number of fused-ring (bicyclic) bond motifs is 1. The zero-order chi connectivity index (χ0) is 17.3. The molecule has 0 bridgehead atoms. The molecule has 0 aliphatic carbocycles. The molecule has 7 heteroatoms. The van der Waals surface area contributed by atoms with Gasteiger partial charge < -0.3 is 10.3 Å². The van der Waals surface area contributed by atoms with E-state index in [9.17, 15) is 14.9 Å². The monoisotopic (exact) mass is 343 g/mol. The van der Waals surface area contributed by atoms with Crippen LogP contribution in [0.15, 0.2) is 42.5 Å². The second-order valence-electron chi connectivity index (χ2n) is 5.48. The van der Waals surface area contributed by atoms with Gasteiger partial charge in [-0.3, -0.25) is 14.9 Å². The zero-order valence-corrected chi connectivity index (χ0v) is 13.6. The highest BCUT2D eigenvalue weighted by molar-refractivity contribution is 6.33. The number of nitrogens with one attached hydrogen (secondary N) is 2. The van der Waals surface area contributed by atoms with Crippen molar-refractivity contribution < 1.29 is 9.72 Å². The van der Waals surface area contributed by atoms with Crippen molar-refractivity contribution in [1.82, 2.24) is 10.3 Å². The molecule has 0 spiro atoms. The number of hydrogen-bond donors (Lipinski definition) is 2. The Morgan fingerprint density at radius 2 is 2.04 bits per heavy atom. The molecule has 1 amide bonds. The fraction of sp³-hybridized carbons (Fsp3) is 0.118. The van der Waals surface area contributed by atoms with Crippen LogP contribution in [-0.2, 0) is 6.54 Å².